The fourth-order valence-electron chi connectivity index (χ4n) is 2.81. The summed E-state index contributed by atoms with van der Waals surface area (Å²) in [4.78, 5) is 0. The molecule has 2 aliphatic carbocycles. The summed E-state index contributed by atoms with van der Waals surface area (Å²) in [6.07, 6.45) is 7.84. The monoisotopic (exact) mass is 212 g/mol. The van der Waals surface area contributed by atoms with Crippen LogP contribution in [0.3, 0.4) is 0 Å². The molecule has 0 bridgehead atoms. The summed E-state index contributed by atoms with van der Waals surface area (Å²) in [6, 6.07) is 0. The van der Waals surface area contributed by atoms with Crippen molar-refractivity contribution in [1.82, 2.24) is 0 Å². The van der Waals surface area contributed by atoms with Crippen LogP contribution in [0.4, 0.5) is 0 Å². The fourth-order valence-corrected chi connectivity index (χ4v) is 2.81. The molecule has 0 spiro atoms. The van der Waals surface area contributed by atoms with Gasteiger partial charge in [-0.05, 0) is 43.9 Å². The predicted octanol–water partition coefficient (Wildman–Crippen LogP) is 2.74. The maximum atomic E-state index is 10.3. The second-order valence-electron chi connectivity index (χ2n) is 5.65. The lowest BCUT2D eigenvalue weighted by Crippen LogP contribution is -2.47. The first-order valence-corrected chi connectivity index (χ1v) is 6.39. The average molecular weight is 212 g/mol. The quantitative estimate of drug-likeness (QED) is 0.776. The summed E-state index contributed by atoms with van der Waals surface area (Å²) >= 11 is 0. The fraction of sp³-hybridized carbons (Fsp3) is 1.00. The van der Waals surface area contributed by atoms with E-state index in [-0.39, 0.29) is 11.7 Å². The molecule has 0 amide bonds. The van der Waals surface area contributed by atoms with Gasteiger partial charge in [-0.3, -0.25) is 0 Å². The lowest BCUT2D eigenvalue weighted by Gasteiger charge is -2.41. The van der Waals surface area contributed by atoms with Crippen LogP contribution in [0.5, 0.6) is 0 Å². The topological polar surface area (TPSA) is 29.5 Å². The van der Waals surface area contributed by atoms with Crippen LogP contribution in [0.1, 0.15) is 51.9 Å². The van der Waals surface area contributed by atoms with E-state index >= 15 is 0 Å². The largest absolute Gasteiger partial charge is 0.390 e. The Labute approximate surface area is 93.0 Å². The van der Waals surface area contributed by atoms with Crippen LogP contribution in [0.2, 0.25) is 0 Å². The summed E-state index contributed by atoms with van der Waals surface area (Å²) in [5.41, 5.74) is -0.213. The van der Waals surface area contributed by atoms with E-state index in [1.165, 1.54) is 25.7 Å². The van der Waals surface area contributed by atoms with Crippen molar-refractivity contribution in [3.05, 3.63) is 0 Å². The average Bonchev–Trinajstić information content (AvgIpc) is 3.03. The summed E-state index contributed by atoms with van der Waals surface area (Å²) < 4.78 is 5.67. The van der Waals surface area contributed by atoms with Crippen molar-refractivity contribution in [2.75, 3.05) is 7.11 Å². The summed E-state index contributed by atoms with van der Waals surface area (Å²) in [5.74, 6) is 1.59. The Morgan fingerprint density at radius 2 is 1.87 bits per heavy atom. The molecule has 0 aromatic carbocycles. The molecule has 1 unspecified atom stereocenters. The summed E-state index contributed by atoms with van der Waals surface area (Å²) in [5, 5.41) is 10.3. The third-order valence-electron chi connectivity index (χ3n) is 4.39. The minimum atomic E-state index is -0.234. The molecule has 0 aliphatic heterocycles. The van der Waals surface area contributed by atoms with Gasteiger partial charge in [-0.25, -0.2) is 0 Å². The van der Waals surface area contributed by atoms with Crippen molar-refractivity contribution in [1.29, 1.82) is 0 Å². The molecule has 1 atom stereocenters. The maximum Gasteiger partial charge on any atom is 0.0936 e. The van der Waals surface area contributed by atoms with Crippen LogP contribution >= 0.6 is 0 Å². The molecule has 0 aromatic rings. The van der Waals surface area contributed by atoms with Gasteiger partial charge in [0.2, 0.25) is 0 Å². The van der Waals surface area contributed by atoms with E-state index in [9.17, 15) is 5.11 Å². The molecule has 2 rings (SSSR count). The number of aliphatic hydroxyl groups is 1. The molecule has 2 heteroatoms. The lowest BCUT2D eigenvalue weighted by atomic mass is 9.75. The first-order valence-electron chi connectivity index (χ1n) is 6.39. The van der Waals surface area contributed by atoms with Gasteiger partial charge in [-0.1, -0.05) is 19.8 Å². The van der Waals surface area contributed by atoms with E-state index in [4.69, 9.17) is 4.74 Å². The molecular formula is C13H24O2. The molecule has 2 nitrogen and oxygen atoms in total. The maximum absolute atomic E-state index is 10.3. The summed E-state index contributed by atoms with van der Waals surface area (Å²) in [7, 11) is 1.77. The second-order valence-corrected chi connectivity index (χ2v) is 5.65. The molecule has 1 N–H and O–H groups in total. The molecule has 2 saturated carbocycles. The van der Waals surface area contributed by atoms with E-state index in [2.05, 4.69) is 6.92 Å². The Bertz CT molecular complexity index is 203. The molecule has 2 aliphatic rings. The van der Waals surface area contributed by atoms with E-state index in [0.29, 0.717) is 0 Å². The van der Waals surface area contributed by atoms with Gasteiger partial charge in [-0.2, -0.15) is 0 Å². The Balaban J connectivity index is 1.93. The zero-order valence-corrected chi connectivity index (χ0v) is 10.0. The van der Waals surface area contributed by atoms with Crippen molar-refractivity contribution in [2.45, 2.75) is 63.6 Å². The van der Waals surface area contributed by atoms with Gasteiger partial charge in [0.05, 0.1) is 11.7 Å². The molecule has 88 valence electrons. The number of aliphatic hydroxyl groups excluding tert-OH is 1. The normalized spacial score (nSPS) is 39.0. The molecule has 15 heavy (non-hydrogen) atoms. The first kappa shape index (κ1) is 11.4. The smallest absolute Gasteiger partial charge is 0.0936 e. The zero-order valence-electron chi connectivity index (χ0n) is 10.0. The van der Waals surface area contributed by atoms with Gasteiger partial charge >= 0.3 is 0 Å². The number of hydrogen-bond donors (Lipinski definition) is 1. The van der Waals surface area contributed by atoms with Crippen molar-refractivity contribution >= 4 is 0 Å². The van der Waals surface area contributed by atoms with Crippen molar-refractivity contribution in [3.63, 3.8) is 0 Å². The Morgan fingerprint density at radius 1 is 1.27 bits per heavy atom. The van der Waals surface area contributed by atoms with Crippen LogP contribution < -0.4 is 0 Å². The van der Waals surface area contributed by atoms with Gasteiger partial charge in [-0.15, -0.1) is 0 Å². The van der Waals surface area contributed by atoms with Gasteiger partial charge in [0, 0.05) is 7.11 Å². The standard InChI is InChI=1S/C13H24O2/c1-10-5-7-13(15-2,8-6-10)12(14)9-11-3-4-11/h10-12,14H,3-9H2,1-2H3. The highest BCUT2D eigenvalue weighted by Crippen LogP contribution is 2.42. The molecular weight excluding hydrogens is 188 g/mol. The van der Waals surface area contributed by atoms with Crippen molar-refractivity contribution < 1.29 is 9.84 Å². The SMILES string of the molecule is COC1(C(O)CC2CC2)CCC(C)CC1. The number of ether oxygens (including phenoxy) is 1. The highest BCUT2D eigenvalue weighted by atomic mass is 16.5. The Kier molecular flexibility index (Phi) is 3.36. The van der Waals surface area contributed by atoms with Gasteiger partial charge < -0.3 is 9.84 Å². The van der Waals surface area contributed by atoms with E-state index in [1.807, 2.05) is 0 Å². The molecule has 0 aromatic heterocycles. The lowest BCUT2D eigenvalue weighted by molar-refractivity contribution is -0.131. The van der Waals surface area contributed by atoms with Gasteiger partial charge in [0.1, 0.15) is 0 Å². The number of rotatable bonds is 4. The van der Waals surface area contributed by atoms with Crippen LogP contribution in [-0.2, 0) is 4.74 Å². The highest BCUT2D eigenvalue weighted by Gasteiger charge is 2.42. The molecule has 0 saturated heterocycles. The minimum absolute atomic E-state index is 0.213. The van der Waals surface area contributed by atoms with Crippen LogP contribution in [-0.4, -0.2) is 23.9 Å². The molecule has 2 fully saturated rings. The van der Waals surface area contributed by atoms with Gasteiger partial charge in [0.15, 0.2) is 0 Å². The van der Waals surface area contributed by atoms with Gasteiger partial charge in [0.25, 0.3) is 0 Å². The van der Waals surface area contributed by atoms with Crippen LogP contribution in [0.15, 0.2) is 0 Å². The van der Waals surface area contributed by atoms with Crippen molar-refractivity contribution in [3.8, 4) is 0 Å². The van der Waals surface area contributed by atoms with Crippen LogP contribution in [0, 0.1) is 11.8 Å². The first-order chi connectivity index (χ1) is 7.16. The van der Waals surface area contributed by atoms with E-state index in [0.717, 1.165) is 31.1 Å². The third-order valence-corrected chi connectivity index (χ3v) is 4.39. The van der Waals surface area contributed by atoms with E-state index < -0.39 is 0 Å². The minimum Gasteiger partial charge on any atom is -0.390 e. The number of hydrogen-bond acceptors (Lipinski definition) is 2. The second kappa shape index (κ2) is 4.42. The zero-order chi connectivity index (χ0) is 10.9. The predicted molar refractivity (Wildman–Crippen MR) is 60.7 cm³/mol. The Morgan fingerprint density at radius 3 is 2.33 bits per heavy atom. The third kappa shape index (κ3) is 2.54. The molecule has 0 radical (unpaired) electrons. The van der Waals surface area contributed by atoms with Crippen molar-refractivity contribution in [2.24, 2.45) is 11.8 Å². The van der Waals surface area contributed by atoms with E-state index in [1.54, 1.807) is 7.11 Å². The highest BCUT2D eigenvalue weighted by molar-refractivity contribution is 4.94. The molecule has 0 heterocycles. The Hall–Kier alpha value is -0.0800. The van der Waals surface area contributed by atoms with Crippen LogP contribution in [0.25, 0.3) is 0 Å². The summed E-state index contributed by atoms with van der Waals surface area (Å²) in [6.45, 7) is 2.30. The number of methoxy groups -OCH3 is 1.